The van der Waals surface area contributed by atoms with E-state index in [9.17, 15) is 9.59 Å². The minimum absolute atomic E-state index is 0.146. The van der Waals surface area contributed by atoms with Crippen molar-refractivity contribution >= 4 is 17.5 Å². The number of hydrogen-bond donors (Lipinski definition) is 1. The van der Waals surface area contributed by atoms with Crippen molar-refractivity contribution < 1.29 is 9.59 Å². The van der Waals surface area contributed by atoms with Crippen molar-refractivity contribution in [2.45, 2.75) is 58.0 Å². The molecule has 0 unspecified atom stereocenters. The fraction of sp³-hybridized carbons (Fsp3) is 0.500. The van der Waals surface area contributed by atoms with Gasteiger partial charge in [0, 0.05) is 37.2 Å². The van der Waals surface area contributed by atoms with Crippen LogP contribution in [0.3, 0.4) is 0 Å². The van der Waals surface area contributed by atoms with E-state index in [1.165, 1.54) is 6.42 Å². The van der Waals surface area contributed by atoms with Crippen LogP contribution in [0.2, 0.25) is 0 Å². The summed E-state index contributed by atoms with van der Waals surface area (Å²) in [4.78, 5) is 26.3. The lowest BCUT2D eigenvalue weighted by Gasteiger charge is -2.17. The maximum atomic E-state index is 12.6. The molecule has 7 heteroatoms. The zero-order valence-electron chi connectivity index (χ0n) is 15.6. The lowest BCUT2D eigenvalue weighted by atomic mass is 10.1. The van der Waals surface area contributed by atoms with Crippen LogP contribution < -0.4 is 10.2 Å². The number of anilines is 1. The van der Waals surface area contributed by atoms with E-state index in [1.807, 2.05) is 19.1 Å². The molecule has 0 radical (unpaired) electrons. The predicted octanol–water partition coefficient (Wildman–Crippen LogP) is 2.62. The number of benzene rings is 1. The monoisotopic (exact) mass is 367 g/mol. The van der Waals surface area contributed by atoms with Crippen LogP contribution in [0.25, 0.3) is 0 Å². The van der Waals surface area contributed by atoms with Gasteiger partial charge in [0.2, 0.25) is 5.91 Å². The van der Waals surface area contributed by atoms with Crippen molar-refractivity contribution in [1.29, 1.82) is 0 Å². The molecule has 1 fully saturated rings. The minimum atomic E-state index is -0.211. The second-order valence-corrected chi connectivity index (χ2v) is 7.33. The first kappa shape index (κ1) is 17.7. The Morgan fingerprint density at radius 2 is 1.85 bits per heavy atom. The molecule has 0 bridgehead atoms. The maximum Gasteiger partial charge on any atom is 0.251 e. The van der Waals surface area contributed by atoms with Crippen LogP contribution in [-0.2, 0) is 17.8 Å². The number of aryl methyl sites for hydroxylation is 1. The smallest absolute Gasteiger partial charge is 0.251 e. The Labute approximate surface area is 158 Å². The van der Waals surface area contributed by atoms with Crippen LogP contribution in [0.15, 0.2) is 24.3 Å². The highest BCUT2D eigenvalue weighted by molar-refractivity contribution is 5.97. The Kier molecular flexibility index (Phi) is 4.92. The fourth-order valence-corrected chi connectivity index (χ4v) is 3.89. The van der Waals surface area contributed by atoms with Gasteiger partial charge in [0.25, 0.3) is 5.91 Å². The van der Waals surface area contributed by atoms with E-state index in [0.29, 0.717) is 12.0 Å². The number of carbonyl (C=O) groups excluding carboxylic acids is 2. The van der Waals surface area contributed by atoms with Crippen LogP contribution in [0.4, 0.5) is 5.69 Å². The molecule has 7 nitrogen and oxygen atoms in total. The number of aromatic nitrogens is 3. The van der Waals surface area contributed by atoms with Gasteiger partial charge in [0.05, 0.1) is 6.04 Å². The number of rotatable bonds is 4. The van der Waals surface area contributed by atoms with E-state index in [2.05, 4.69) is 20.1 Å². The molecule has 2 amide bonds. The third-order valence-corrected chi connectivity index (χ3v) is 5.39. The molecular weight excluding hydrogens is 342 g/mol. The Balaban J connectivity index is 1.44. The van der Waals surface area contributed by atoms with Crippen molar-refractivity contribution in [3.63, 3.8) is 0 Å². The van der Waals surface area contributed by atoms with Gasteiger partial charge in [-0.3, -0.25) is 9.59 Å². The lowest BCUT2D eigenvalue weighted by Crippen LogP contribution is -2.29. The number of nitrogens with zero attached hydrogens (tertiary/aromatic N) is 4. The second kappa shape index (κ2) is 7.50. The molecule has 2 aromatic rings. The molecule has 0 aliphatic carbocycles. The van der Waals surface area contributed by atoms with Crippen molar-refractivity contribution in [3.05, 3.63) is 41.5 Å². The summed E-state index contributed by atoms with van der Waals surface area (Å²) in [6, 6.07) is 7.01. The number of nitrogens with one attached hydrogen (secondary N) is 1. The fourth-order valence-electron chi connectivity index (χ4n) is 3.89. The molecule has 142 valence electrons. The van der Waals surface area contributed by atoms with Crippen LogP contribution in [0.1, 0.15) is 67.1 Å². The van der Waals surface area contributed by atoms with Gasteiger partial charge in [0.15, 0.2) is 5.82 Å². The van der Waals surface area contributed by atoms with Crippen molar-refractivity contribution in [3.8, 4) is 0 Å². The molecule has 2 aliphatic heterocycles. The highest BCUT2D eigenvalue weighted by Crippen LogP contribution is 2.22. The molecular formula is C20H25N5O2. The first-order valence-electron chi connectivity index (χ1n) is 9.77. The summed E-state index contributed by atoms with van der Waals surface area (Å²) < 4.78 is 2.15. The van der Waals surface area contributed by atoms with E-state index in [1.54, 1.807) is 17.0 Å². The van der Waals surface area contributed by atoms with Crippen molar-refractivity contribution in [1.82, 2.24) is 20.1 Å². The average Bonchev–Trinajstić information content (AvgIpc) is 3.21. The molecule has 2 aliphatic rings. The Morgan fingerprint density at radius 1 is 1.04 bits per heavy atom. The first-order chi connectivity index (χ1) is 13.1. The highest BCUT2D eigenvalue weighted by Gasteiger charge is 2.23. The van der Waals surface area contributed by atoms with E-state index < -0.39 is 0 Å². The van der Waals surface area contributed by atoms with Crippen LogP contribution in [0, 0.1) is 0 Å². The van der Waals surface area contributed by atoms with Crippen LogP contribution >= 0.6 is 0 Å². The van der Waals surface area contributed by atoms with Gasteiger partial charge < -0.3 is 14.8 Å². The average molecular weight is 367 g/mol. The molecule has 1 aromatic carbocycles. The van der Waals surface area contributed by atoms with Crippen LogP contribution in [0.5, 0.6) is 0 Å². The zero-order valence-corrected chi connectivity index (χ0v) is 15.6. The normalized spacial score (nSPS) is 18.1. The molecule has 3 heterocycles. The Morgan fingerprint density at radius 3 is 2.59 bits per heavy atom. The summed E-state index contributed by atoms with van der Waals surface area (Å²) in [7, 11) is 0. The molecule has 1 saturated heterocycles. The van der Waals surface area contributed by atoms with E-state index in [4.69, 9.17) is 0 Å². The van der Waals surface area contributed by atoms with E-state index >= 15 is 0 Å². The molecule has 1 aromatic heterocycles. The number of carbonyl (C=O) groups is 2. The molecule has 0 saturated carbocycles. The van der Waals surface area contributed by atoms with E-state index in [0.717, 1.165) is 56.1 Å². The number of amides is 2. The van der Waals surface area contributed by atoms with Crippen molar-refractivity contribution in [2.24, 2.45) is 0 Å². The first-order valence-corrected chi connectivity index (χ1v) is 9.77. The van der Waals surface area contributed by atoms with Gasteiger partial charge in [-0.25, -0.2) is 0 Å². The highest BCUT2D eigenvalue weighted by atomic mass is 16.2. The summed E-state index contributed by atoms with van der Waals surface area (Å²) in [6.07, 6.45) is 5.91. The summed E-state index contributed by atoms with van der Waals surface area (Å²) in [6.45, 7) is 3.60. The zero-order chi connectivity index (χ0) is 18.8. The molecule has 1 N–H and O–H groups in total. The molecule has 4 rings (SSSR count). The standard InChI is InChI=1S/C20H25N5O2/c1-14(19-23-22-17-6-3-2-4-12-25(17)19)21-20(27)15-8-10-16(11-9-15)24-13-5-7-18(24)26/h8-11,14H,2-7,12-13H2,1H3,(H,21,27)/t14-/m1/s1. The summed E-state index contributed by atoms with van der Waals surface area (Å²) >= 11 is 0. The third-order valence-electron chi connectivity index (χ3n) is 5.39. The molecule has 27 heavy (non-hydrogen) atoms. The van der Waals surface area contributed by atoms with Gasteiger partial charge in [-0.05, 0) is 50.5 Å². The second-order valence-electron chi connectivity index (χ2n) is 7.33. The number of hydrogen-bond acceptors (Lipinski definition) is 4. The van der Waals surface area contributed by atoms with Crippen LogP contribution in [-0.4, -0.2) is 33.1 Å². The quantitative estimate of drug-likeness (QED) is 0.901. The molecule has 0 spiro atoms. The topological polar surface area (TPSA) is 80.1 Å². The largest absolute Gasteiger partial charge is 0.342 e. The lowest BCUT2D eigenvalue weighted by molar-refractivity contribution is -0.117. The SMILES string of the molecule is C[C@@H](NC(=O)c1ccc(N2CCCC2=O)cc1)c1nnc2n1CCCCC2. The van der Waals surface area contributed by atoms with Gasteiger partial charge in [-0.1, -0.05) is 6.42 Å². The van der Waals surface area contributed by atoms with Gasteiger partial charge >= 0.3 is 0 Å². The molecule has 1 atom stereocenters. The van der Waals surface area contributed by atoms with Gasteiger partial charge in [0.1, 0.15) is 5.82 Å². The van der Waals surface area contributed by atoms with E-state index in [-0.39, 0.29) is 17.9 Å². The Bertz CT molecular complexity index is 843. The maximum absolute atomic E-state index is 12.6. The summed E-state index contributed by atoms with van der Waals surface area (Å²) in [5.41, 5.74) is 1.43. The van der Waals surface area contributed by atoms with Crippen molar-refractivity contribution in [2.75, 3.05) is 11.4 Å². The summed E-state index contributed by atoms with van der Waals surface area (Å²) in [5, 5.41) is 11.6. The minimum Gasteiger partial charge on any atom is -0.342 e. The number of fused-ring (bicyclic) bond motifs is 1. The third kappa shape index (κ3) is 3.59. The van der Waals surface area contributed by atoms with Gasteiger partial charge in [-0.2, -0.15) is 0 Å². The summed E-state index contributed by atoms with van der Waals surface area (Å²) in [5.74, 6) is 1.84. The Hall–Kier alpha value is -2.70. The van der Waals surface area contributed by atoms with Gasteiger partial charge in [-0.15, -0.1) is 10.2 Å². The predicted molar refractivity (Wildman–Crippen MR) is 101 cm³/mol.